The Hall–Kier alpha value is -3.17. The van der Waals surface area contributed by atoms with Crippen LogP contribution in [0.25, 0.3) is 0 Å². The van der Waals surface area contributed by atoms with Gasteiger partial charge in [0.15, 0.2) is 0 Å². The van der Waals surface area contributed by atoms with Crippen LogP contribution in [0.5, 0.6) is 0 Å². The summed E-state index contributed by atoms with van der Waals surface area (Å²) in [6.45, 7) is 9.55. The molecule has 214 valence electrons. The van der Waals surface area contributed by atoms with Gasteiger partial charge < -0.3 is 10.2 Å². The molecule has 2 amide bonds. The Morgan fingerprint density at radius 2 is 1.60 bits per heavy atom. The third kappa shape index (κ3) is 7.73. The number of anilines is 1. The molecule has 3 aromatic carbocycles. The molecule has 0 radical (unpaired) electrons. The molecule has 0 heterocycles. The van der Waals surface area contributed by atoms with E-state index in [1.807, 2.05) is 58.0 Å². The second-order valence-electron chi connectivity index (χ2n) is 10.0. The predicted molar refractivity (Wildman–Crippen MR) is 164 cm³/mol. The van der Waals surface area contributed by atoms with E-state index in [2.05, 4.69) is 21.2 Å². The lowest BCUT2D eigenvalue weighted by Crippen LogP contribution is -2.51. The summed E-state index contributed by atoms with van der Waals surface area (Å²) in [7, 11) is -4.10. The number of hydrogen-bond acceptors (Lipinski definition) is 4. The van der Waals surface area contributed by atoms with Crippen LogP contribution in [0.4, 0.5) is 5.69 Å². The van der Waals surface area contributed by atoms with E-state index in [-0.39, 0.29) is 17.3 Å². The molecule has 7 nitrogen and oxygen atoms in total. The van der Waals surface area contributed by atoms with Crippen molar-refractivity contribution in [2.24, 2.45) is 0 Å². The van der Waals surface area contributed by atoms with Gasteiger partial charge in [0.25, 0.3) is 10.0 Å². The number of rotatable bonds is 12. The second kappa shape index (κ2) is 13.9. The first-order valence-corrected chi connectivity index (χ1v) is 15.7. The highest BCUT2D eigenvalue weighted by Crippen LogP contribution is 2.29. The van der Waals surface area contributed by atoms with Gasteiger partial charge in [-0.1, -0.05) is 71.2 Å². The summed E-state index contributed by atoms with van der Waals surface area (Å²) in [5.41, 5.74) is 3.85. The Labute approximate surface area is 246 Å². The van der Waals surface area contributed by atoms with Crippen molar-refractivity contribution in [1.82, 2.24) is 10.2 Å². The van der Waals surface area contributed by atoms with E-state index in [1.54, 1.807) is 43.3 Å². The molecule has 0 spiro atoms. The van der Waals surface area contributed by atoms with Crippen LogP contribution in [0.3, 0.4) is 0 Å². The minimum Gasteiger partial charge on any atom is -0.354 e. The van der Waals surface area contributed by atoms with Crippen LogP contribution in [-0.2, 0) is 26.2 Å². The number of sulfonamides is 1. The Morgan fingerprint density at radius 3 is 2.23 bits per heavy atom. The Morgan fingerprint density at radius 1 is 0.950 bits per heavy atom. The number of amides is 2. The smallest absolute Gasteiger partial charge is 0.264 e. The Bertz CT molecular complexity index is 1420. The average Bonchev–Trinajstić information content (AvgIpc) is 2.93. The minimum absolute atomic E-state index is 0.0941. The molecule has 0 aliphatic rings. The third-order valence-electron chi connectivity index (χ3n) is 7.00. The lowest BCUT2D eigenvalue weighted by atomic mass is 10.1. The van der Waals surface area contributed by atoms with Crippen molar-refractivity contribution in [3.05, 3.63) is 93.5 Å². The molecule has 1 atom stereocenters. The minimum atomic E-state index is -4.10. The van der Waals surface area contributed by atoms with Crippen molar-refractivity contribution in [2.75, 3.05) is 17.4 Å². The Kier molecular flexibility index (Phi) is 10.9. The fourth-order valence-electron chi connectivity index (χ4n) is 4.26. The molecule has 3 aromatic rings. The quantitative estimate of drug-likeness (QED) is 0.253. The monoisotopic (exact) mass is 627 g/mol. The third-order valence-corrected chi connectivity index (χ3v) is 9.30. The number of benzene rings is 3. The fourth-order valence-corrected chi connectivity index (χ4v) is 6.00. The molecule has 40 heavy (non-hydrogen) atoms. The van der Waals surface area contributed by atoms with Gasteiger partial charge in [0, 0.05) is 17.6 Å². The molecule has 0 saturated heterocycles. The number of hydrogen-bond donors (Lipinski definition) is 1. The highest BCUT2D eigenvalue weighted by molar-refractivity contribution is 9.10. The SMILES string of the molecule is CCCCNC(=O)[C@H](C)N(Cc1ccc(Br)cc1)C(=O)CN(c1cccc(C)c1C)S(=O)(=O)c1ccc(C)cc1. The van der Waals surface area contributed by atoms with Crippen LogP contribution in [0.2, 0.25) is 0 Å². The van der Waals surface area contributed by atoms with Crippen LogP contribution >= 0.6 is 15.9 Å². The van der Waals surface area contributed by atoms with Crippen molar-refractivity contribution < 1.29 is 18.0 Å². The van der Waals surface area contributed by atoms with Gasteiger partial charge in [0.05, 0.1) is 10.6 Å². The van der Waals surface area contributed by atoms with Gasteiger partial charge in [-0.15, -0.1) is 0 Å². The largest absolute Gasteiger partial charge is 0.354 e. The zero-order chi connectivity index (χ0) is 29.4. The van der Waals surface area contributed by atoms with Gasteiger partial charge in [-0.05, 0) is 81.1 Å². The lowest BCUT2D eigenvalue weighted by molar-refractivity contribution is -0.139. The molecule has 0 fully saturated rings. The second-order valence-corrected chi connectivity index (χ2v) is 12.8. The highest BCUT2D eigenvalue weighted by atomic mass is 79.9. The first kappa shape index (κ1) is 31.4. The zero-order valence-corrected chi connectivity index (χ0v) is 26.2. The van der Waals surface area contributed by atoms with Gasteiger partial charge in [0.2, 0.25) is 11.8 Å². The first-order valence-electron chi connectivity index (χ1n) is 13.4. The fraction of sp³-hybridized carbons (Fsp3) is 0.355. The van der Waals surface area contributed by atoms with E-state index in [9.17, 15) is 18.0 Å². The zero-order valence-electron chi connectivity index (χ0n) is 23.8. The number of unbranched alkanes of at least 4 members (excludes halogenated alkanes) is 1. The van der Waals surface area contributed by atoms with E-state index in [4.69, 9.17) is 0 Å². The van der Waals surface area contributed by atoms with Crippen molar-refractivity contribution in [1.29, 1.82) is 0 Å². The van der Waals surface area contributed by atoms with Gasteiger partial charge in [0.1, 0.15) is 12.6 Å². The summed E-state index contributed by atoms with van der Waals surface area (Å²) in [6.07, 6.45) is 1.76. The van der Waals surface area contributed by atoms with Crippen LogP contribution in [0, 0.1) is 20.8 Å². The van der Waals surface area contributed by atoms with Crippen molar-refractivity contribution in [3.63, 3.8) is 0 Å². The number of halogens is 1. The summed E-state index contributed by atoms with van der Waals surface area (Å²) in [6, 6.07) is 18.6. The molecule has 9 heteroatoms. The number of carbonyl (C=O) groups is 2. The molecule has 0 aliphatic carbocycles. The normalized spacial score (nSPS) is 12.1. The van der Waals surface area contributed by atoms with Gasteiger partial charge in [-0.25, -0.2) is 8.42 Å². The van der Waals surface area contributed by atoms with E-state index >= 15 is 0 Å². The first-order chi connectivity index (χ1) is 18.9. The number of nitrogens with one attached hydrogen (secondary N) is 1. The summed E-state index contributed by atoms with van der Waals surface area (Å²) in [5, 5.41) is 2.90. The summed E-state index contributed by atoms with van der Waals surface area (Å²) >= 11 is 3.43. The molecule has 0 saturated carbocycles. The molecule has 1 N–H and O–H groups in total. The van der Waals surface area contributed by atoms with E-state index in [0.717, 1.165) is 39.6 Å². The maximum absolute atomic E-state index is 14.0. The Balaban J connectivity index is 2.04. The number of nitrogens with zero attached hydrogens (tertiary/aromatic N) is 2. The lowest BCUT2D eigenvalue weighted by Gasteiger charge is -2.32. The maximum Gasteiger partial charge on any atom is 0.264 e. The highest BCUT2D eigenvalue weighted by Gasteiger charge is 2.33. The molecule has 0 bridgehead atoms. The van der Waals surface area contributed by atoms with Crippen molar-refractivity contribution in [2.45, 2.75) is 64.9 Å². The molecular weight excluding hydrogens is 590 g/mol. The van der Waals surface area contributed by atoms with Crippen LogP contribution < -0.4 is 9.62 Å². The predicted octanol–water partition coefficient (Wildman–Crippen LogP) is 5.90. The van der Waals surface area contributed by atoms with E-state index in [1.165, 1.54) is 9.21 Å². The van der Waals surface area contributed by atoms with Crippen molar-refractivity contribution in [3.8, 4) is 0 Å². The molecule has 3 rings (SSSR count). The van der Waals surface area contributed by atoms with Gasteiger partial charge >= 0.3 is 0 Å². The number of carbonyl (C=O) groups excluding carboxylic acids is 2. The molecule has 0 unspecified atom stereocenters. The van der Waals surface area contributed by atoms with Gasteiger partial charge in [-0.2, -0.15) is 0 Å². The van der Waals surface area contributed by atoms with Crippen LogP contribution in [0.1, 0.15) is 48.9 Å². The molecular formula is C31H38BrN3O4S. The molecule has 0 aromatic heterocycles. The topological polar surface area (TPSA) is 86.8 Å². The van der Waals surface area contributed by atoms with E-state index in [0.29, 0.717) is 12.2 Å². The standard InChI is InChI=1S/C31H38BrN3O4S/c1-6-7-19-33-31(37)25(5)34(20-26-13-15-27(32)16-14-26)30(36)21-35(29-10-8-9-23(3)24(29)4)40(38,39)28-17-11-22(2)12-18-28/h8-18,25H,6-7,19-21H2,1-5H3,(H,33,37)/t25-/m0/s1. The van der Waals surface area contributed by atoms with Crippen LogP contribution in [-0.4, -0.2) is 44.3 Å². The van der Waals surface area contributed by atoms with Crippen molar-refractivity contribution >= 4 is 43.5 Å². The van der Waals surface area contributed by atoms with Crippen LogP contribution in [0.15, 0.2) is 76.1 Å². The summed E-state index contributed by atoms with van der Waals surface area (Å²) < 4.78 is 30.1. The summed E-state index contributed by atoms with van der Waals surface area (Å²) in [4.78, 5) is 28.6. The molecule has 0 aliphatic heterocycles. The summed E-state index contributed by atoms with van der Waals surface area (Å²) in [5.74, 6) is -0.753. The maximum atomic E-state index is 14.0. The van der Waals surface area contributed by atoms with E-state index < -0.39 is 28.5 Å². The average molecular weight is 629 g/mol. The number of aryl methyl sites for hydroxylation is 2. The van der Waals surface area contributed by atoms with Gasteiger partial charge in [-0.3, -0.25) is 13.9 Å².